The zero-order valence-electron chi connectivity index (χ0n) is 14.5. The second-order valence-electron chi connectivity index (χ2n) is 5.66. The van der Waals surface area contributed by atoms with Crippen LogP contribution in [-0.2, 0) is 16.1 Å². The molecule has 2 N–H and O–H groups in total. The number of carbonyl (C=O) groups is 2. The maximum Gasteiger partial charge on any atom is 0.241 e. The molecule has 1 aromatic carbocycles. The Kier molecular flexibility index (Phi) is 6.08. The van der Waals surface area contributed by atoms with Gasteiger partial charge in [-0.15, -0.1) is 11.3 Å². The van der Waals surface area contributed by atoms with Crippen molar-refractivity contribution in [1.29, 1.82) is 0 Å². The number of fused-ring (bicyclic) bond motifs is 1. The average molecular weight is 375 g/mol. The zero-order valence-corrected chi connectivity index (χ0v) is 15.3. The SMILES string of the molecule is CNC(=O)CNCC(=O)N(Cc1cccs1)c1ccc2c(c1)OCCO2. The van der Waals surface area contributed by atoms with Crippen molar-refractivity contribution in [2.24, 2.45) is 0 Å². The Morgan fingerprint density at radius 1 is 1.15 bits per heavy atom. The number of hydrogen-bond donors (Lipinski definition) is 2. The number of anilines is 1. The van der Waals surface area contributed by atoms with Gasteiger partial charge in [0.25, 0.3) is 0 Å². The van der Waals surface area contributed by atoms with Gasteiger partial charge in [0.2, 0.25) is 11.8 Å². The molecule has 0 atom stereocenters. The summed E-state index contributed by atoms with van der Waals surface area (Å²) in [5.41, 5.74) is 0.731. The molecule has 8 heteroatoms. The lowest BCUT2D eigenvalue weighted by Gasteiger charge is -2.25. The van der Waals surface area contributed by atoms with Gasteiger partial charge in [-0.25, -0.2) is 0 Å². The standard InChI is InChI=1S/C18H21N3O4S/c1-19-17(22)10-20-11-18(23)21(12-14-3-2-8-26-14)13-4-5-15-16(9-13)25-7-6-24-15/h2-5,8-9,20H,6-7,10-12H2,1H3,(H,19,22). The highest BCUT2D eigenvalue weighted by molar-refractivity contribution is 7.09. The molecule has 0 fully saturated rings. The van der Waals surface area contributed by atoms with Crippen molar-refractivity contribution in [1.82, 2.24) is 10.6 Å². The van der Waals surface area contributed by atoms with Crippen LogP contribution in [-0.4, -0.2) is 45.2 Å². The van der Waals surface area contributed by atoms with Gasteiger partial charge in [0, 0.05) is 23.7 Å². The van der Waals surface area contributed by atoms with Crippen LogP contribution in [0.15, 0.2) is 35.7 Å². The first-order valence-electron chi connectivity index (χ1n) is 8.31. The Morgan fingerprint density at radius 2 is 1.96 bits per heavy atom. The van der Waals surface area contributed by atoms with Gasteiger partial charge in [0.1, 0.15) is 13.2 Å². The second kappa shape index (κ2) is 8.68. The third-order valence-corrected chi connectivity index (χ3v) is 4.73. The molecule has 1 aromatic heterocycles. The van der Waals surface area contributed by atoms with Gasteiger partial charge >= 0.3 is 0 Å². The molecule has 2 heterocycles. The predicted octanol–water partition coefficient (Wildman–Crippen LogP) is 1.39. The van der Waals surface area contributed by atoms with Crippen LogP contribution in [0.25, 0.3) is 0 Å². The third kappa shape index (κ3) is 4.53. The maximum absolute atomic E-state index is 12.8. The molecule has 0 saturated carbocycles. The summed E-state index contributed by atoms with van der Waals surface area (Å²) >= 11 is 1.59. The van der Waals surface area contributed by atoms with Crippen molar-refractivity contribution < 1.29 is 19.1 Å². The van der Waals surface area contributed by atoms with Crippen LogP contribution in [0.2, 0.25) is 0 Å². The number of benzene rings is 1. The molecule has 0 aliphatic carbocycles. The smallest absolute Gasteiger partial charge is 0.241 e. The van der Waals surface area contributed by atoms with E-state index in [0.717, 1.165) is 10.6 Å². The summed E-state index contributed by atoms with van der Waals surface area (Å²) in [6.07, 6.45) is 0. The van der Waals surface area contributed by atoms with E-state index >= 15 is 0 Å². The molecule has 0 unspecified atom stereocenters. The molecule has 1 aliphatic heterocycles. The van der Waals surface area contributed by atoms with E-state index in [2.05, 4.69) is 10.6 Å². The fourth-order valence-electron chi connectivity index (χ4n) is 2.55. The summed E-state index contributed by atoms with van der Waals surface area (Å²) in [6.45, 7) is 1.62. The largest absolute Gasteiger partial charge is 0.486 e. The monoisotopic (exact) mass is 375 g/mol. The molecule has 138 valence electrons. The summed E-state index contributed by atoms with van der Waals surface area (Å²) < 4.78 is 11.2. The van der Waals surface area contributed by atoms with Crippen molar-refractivity contribution in [2.75, 3.05) is 38.3 Å². The quantitative estimate of drug-likeness (QED) is 0.765. The number of hydrogen-bond acceptors (Lipinski definition) is 6. The van der Waals surface area contributed by atoms with Crippen molar-refractivity contribution in [3.63, 3.8) is 0 Å². The van der Waals surface area contributed by atoms with E-state index in [4.69, 9.17) is 9.47 Å². The predicted molar refractivity (Wildman–Crippen MR) is 99.9 cm³/mol. The van der Waals surface area contributed by atoms with E-state index < -0.39 is 0 Å². The van der Waals surface area contributed by atoms with E-state index in [1.165, 1.54) is 0 Å². The van der Waals surface area contributed by atoms with E-state index in [0.29, 0.717) is 31.3 Å². The number of ether oxygens (including phenoxy) is 2. The first-order chi connectivity index (χ1) is 12.7. The highest BCUT2D eigenvalue weighted by atomic mass is 32.1. The molecule has 2 aromatic rings. The molecular weight excluding hydrogens is 354 g/mol. The van der Waals surface area contributed by atoms with Gasteiger partial charge in [0.15, 0.2) is 11.5 Å². The number of likely N-dealkylation sites (N-methyl/N-ethyl adjacent to an activating group) is 1. The molecule has 0 bridgehead atoms. The summed E-state index contributed by atoms with van der Waals surface area (Å²) in [6, 6.07) is 9.42. The van der Waals surface area contributed by atoms with E-state index in [9.17, 15) is 9.59 Å². The van der Waals surface area contributed by atoms with Crippen LogP contribution in [0.5, 0.6) is 11.5 Å². The van der Waals surface area contributed by atoms with Crippen molar-refractivity contribution in [3.05, 3.63) is 40.6 Å². The number of rotatable bonds is 7. The van der Waals surface area contributed by atoms with Crippen LogP contribution in [0.4, 0.5) is 5.69 Å². The van der Waals surface area contributed by atoms with Crippen LogP contribution in [0.3, 0.4) is 0 Å². The lowest BCUT2D eigenvalue weighted by Crippen LogP contribution is -2.41. The first-order valence-corrected chi connectivity index (χ1v) is 9.19. The van der Waals surface area contributed by atoms with Gasteiger partial charge in [-0.3, -0.25) is 14.9 Å². The minimum Gasteiger partial charge on any atom is -0.486 e. The number of carbonyl (C=O) groups excluding carboxylic acids is 2. The minimum atomic E-state index is -0.165. The number of nitrogens with zero attached hydrogens (tertiary/aromatic N) is 1. The molecule has 0 spiro atoms. The Balaban J connectivity index is 1.76. The second-order valence-corrected chi connectivity index (χ2v) is 6.70. The van der Waals surface area contributed by atoms with Crippen LogP contribution >= 0.6 is 11.3 Å². The normalized spacial score (nSPS) is 12.5. The molecule has 3 rings (SSSR count). The molecule has 0 saturated heterocycles. The fourth-order valence-corrected chi connectivity index (χ4v) is 3.24. The maximum atomic E-state index is 12.8. The van der Waals surface area contributed by atoms with Gasteiger partial charge in [0.05, 0.1) is 19.6 Å². The Bertz CT molecular complexity index is 764. The molecule has 0 radical (unpaired) electrons. The van der Waals surface area contributed by atoms with Crippen molar-refractivity contribution >= 4 is 28.8 Å². The van der Waals surface area contributed by atoms with Crippen molar-refractivity contribution in [3.8, 4) is 11.5 Å². The number of nitrogens with one attached hydrogen (secondary N) is 2. The summed E-state index contributed by atoms with van der Waals surface area (Å²) in [5.74, 6) is 1.03. The van der Waals surface area contributed by atoms with E-state index in [1.54, 1.807) is 23.3 Å². The number of thiophene rings is 1. The minimum absolute atomic E-state index is 0.0627. The van der Waals surface area contributed by atoms with E-state index in [-0.39, 0.29) is 24.9 Å². The lowest BCUT2D eigenvalue weighted by atomic mass is 10.2. The van der Waals surface area contributed by atoms with Crippen LogP contribution in [0, 0.1) is 0 Å². The van der Waals surface area contributed by atoms with Crippen LogP contribution < -0.4 is 25.0 Å². The topological polar surface area (TPSA) is 79.9 Å². The Hall–Kier alpha value is -2.58. The highest BCUT2D eigenvalue weighted by Gasteiger charge is 2.20. The first kappa shape index (κ1) is 18.2. The highest BCUT2D eigenvalue weighted by Crippen LogP contribution is 2.34. The molecule has 2 amide bonds. The average Bonchev–Trinajstić information content (AvgIpc) is 3.18. The van der Waals surface area contributed by atoms with E-state index in [1.807, 2.05) is 35.7 Å². The Labute approximate surface area is 155 Å². The number of amides is 2. The van der Waals surface area contributed by atoms with Gasteiger partial charge in [-0.05, 0) is 23.6 Å². The summed E-state index contributed by atoms with van der Waals surface area (Å²) in [4.78, 5) is 26.8. The molecule has 7 nitrogen and oxygen atoms in total. The van der Waals surface area contributed by atoms with Gasteiger partial charge in [-0.1, -0.05) is 6.07 Å². The third-order valence-electron chi connectivity index (χ3n) is 3.87. The Morgan fingerprint density at radius 3 is 2.69 bits per heavy atom. The summed E-state index contributed by atoms with van der Waals surface area (Å²) in [7, 11) is 1.56. The fraction of sp³-hybridized carbons (Fsp3) is 0.333. The molecule has 1 aliphatic rings. The van der Waals surface area contributed by atoms with Gasteiger partial charge in [-0.2, -0.15) is 0 Å². The van der Waals surface area contributed by atoms with Crippen molar-refractivity contribution in [2.45, 2.75) is 6.54 Å². The molecular formula is C18H21N3O4S. The molecule has 26 heavy (non-hydrogen) atoms. The van der Waals surface area contributed by atoms with Gasteiger partial charge < -0.3 is 19.7 Å². The van der Waals surface area contributed by atoms with Crippen LogP contribution in [0.1, 0.15) is 4.88 Å². The lowest BCUT2D eigenvalue weighted by molar-refractivity contribution is -0.120. The summed E-state index contributed by atoms with van der Waals surface area (Å²) in [5, 5.41) is 7.37. The zero-order chi connectivity index (χ0) is 18.4.